The van der Waals surface area contributed by atoms with Crippen LogP contribution in [0.25, 0.3) is 0 Å². The molecule has 4 nitrogen and oxygen atoms in total. The van der Waals surface area contributed by atoms with Crippen molar-refractivity contribution in [3.8, 4) is 0 Å². The molecule has 0 unspecified atom stereocenters. The predicted octanol–water partition coefficient (Wildman–Crippen LogP) is 3.26. The lowest BCUT2D eigenvalue weighted by Crippen LogP contribution is -2.38. The summed E-state index contributed by atoms with van der Waals surface area (Å²) in [6, 6.07) is 14.3. The van der Waals surface area contributed by atoms with Gasteiger partial charge in [-0.05, 0) is 43.7 Å². The zero-order valence-electron chi connectivity index (χ0n) is 13.1. The van der Waals surface area contributed by atoms with Crippen molar-refractivity contribution in [3.05, 3.63) is 70.2 Å². The molecule has 2 aromatic rings. The molecule has 0 radical (unpaired) electrons. The largest absolute Gasteiger partial charge is 0.348 e. The van der Waals surface area contributed by atoms with Gasteiger partial charge in [0, 0.05) is 10.6 Å². The lowest BCUT2D eigenvalue weighted by atomic mass is 10.1. The van der Waals surface area contributed by atoms with Gasteiger partial charge in [0.2, 0.25) is 5.91 Å². The molecule has 0 aliphatic rings. The summed E-state index contributed by atoms with van der Waals surface area (Å²) in [7, 11) is 0. The lowest BCUT2D eigenvalue weighted by molar-refractivity contribution is -0.120. The van der Waals surface area contributed by atoms with Gasteiger partial charge in [0.1, 0.15) is 0 Å². The number of benzene rings is 2. The van der Waals surface area contributed by atoms with E-state index in [0.29, 0.717) is 10.6 Å². The van der Waals surface area contributed by atoms with Crippen molar-refractivity contribution in [1.29, 1.82) is 0 Å². The number of nitrogens with one attached hydrogen (secondary N) is 2. The third-order valence-electron chi connectivity index (χ3n) is 3.45. The van der Waals surface area contributed by atoms with E-state index < -0.39 is 0 Å². The molecule has 0 saturated carbocycles. The van der Waals surface area contributed by atoms with Crippen LogP contribution in [0.15, 0.2) is 48.5 Å². The number of carbonyl (C=O) groups excluding carboxylic acids is 2. The maximum atomic E-state index is 12.0. The first kappa shape index (κ1) is 17.0. The SMILES string of the molecule is Cc1ccc(C(=O)NCC(=O)N[C@H](C)c2cccc(Cl)c2)cc1. The van der Waals surface area contributed by atoms with E-state index in [2.05, 4.69) is 10.6 Å². The van der Waals surface area contributed by atoms with E-state index in [4.69, 9.17) is 11.6 Å². The summed E-state index contributed by atoms with van der Waals surface area (Å²) in [4.78, 5) is 23.9. The monoisotopic (exact) mass is 330 g/mol. The third kappa shape index (κ3) is 5.11. The number of carbonyl (C=O) groups is 2. The van der Waals surface area contributed by atoms with Gasteiger partial charge in [-0.2, -0.15) is 0 Å². The molecule has 0 aliphatic carbocycles. The smallest absolute Gasteiger partial charge is 0.251 e. The zero-order chi connectivity index (χ0) is 16.8. The summed E-state index contributed by atoms with van der Waals surface area (Å²) in [6.07, 6.45) is 0. The van der Waals surface area contributed by atoms with Crippen LogP contribution >= 0.6 is 11.6 Å². The molecule has 2 rings (SSSR count). The van der Waals surface area contributed by atoms with Crippen molar-refractivity contribution < 1.29 is 9.59 Å². The highest BCUT2D eigenvalue weighted by Gasteiger charge is 2.11. The van der Waals surface area contributed by atoms with Crippen LogP contribution in [0, 0.1) is 6.92 Å². The van der Waals surface area contributed by atoms with Gasteiger partial charge >= 0.3 is 0 Å². The number of hydrogen-bond donors (Lipinski definition) is 2. The van der Waals surface area contributed by atoms with E-state index in [9.17, 15) is 9.59 Å². The van der Waals surface area contributed by atoms with Gasteiger partial charge in [-0.1, -0.05) is 41.4 Å². The van der Waals surface area contributed by atoms with Crippen LogP contribution in [0.4, 0.5) is 0 Å². The van der Waals surface area contributed by atoms with E-state index in [-0.39, 0.29) is 24.4 Å². The Balaban J connectivity index is 1.85. The topological polar surface area (TPSA) is 58.2 Å². The number of amides is 2. The van der Waals surface area contributed by atoms with E-state index >= 15 is 0 Å². The molecule has 1 atom stereocenters. The fourth-order valence-electron chi connectivity index (χ4n) is 2.12. The summed E-state index contributed by atoms with van der Waals surface area (Å²) < 4.78 is 0. The van der Waals surface area contributed by atoms with Crippen LogP contribution in [-0.4, -0.2) is 18.4 Å². The molecule has 0 bridgehead atoms. The number of hydrogen-bond acceptors (Lipinski definition) is 2. The van der Waals surface area contributed by atoms with Crippen molar-refractivity contribution in [2.24, 2.45) is 0 Å². The average Bonchev–Trinajstić information content (AvgIpc) is 2.53. The first-order valence-corrected chi connectivity index (χ1v) is 7.73. The highest BCUT2D eigenvalue weighted by Crippen LogP contribution is 2.17. The highest BCUT2D eigenvalue weighted by molar-refractivity contribution is 6.30. The van der Waals surface area contributed by atoms with Crippen LogP contribution in [0.3, 0.4) is 0 Å². The molecule has 0 saturated heterocycles. The number of aryl methyl sites for hydroxylation is 1. The summed E-state index contributed by atoms with van der Waals surface area (Å²) in [5.74, 6) is -0.520. The summed E-state index contributed by atoms with van der Waals surface area (Å²) in [5.41, 5.74) is 2.52. The number of halogens is 1. The second-order valence-electron chi connectivity index (χ2n) is 5.39. The van der Waals surface area contributed by atoms with E-state index in [0.717, 1.165) is 11.1 Å². The Labute approximate surface area is 140 Å². The molecule has 2 amide bonds. The standard InChI is InChI=1S/C18H19ClN2O2/c1-12-6-8-14(9-7-12)18(23)20-11-17(22)21-13(2)15-4-3-5-16(19)10-15/h3-10,13H,11H2,1-2H3,(H,20,23)(H,21,22)/t13-/m1/s1. The van der Waals surface area contributed by atoms with Crippen LogP contribution in [0.1, 0.15) is 34.5 Å². The minimum absolute atomic E-state index is 0.0718. The Hall–Kier alpha value is -2.33. The molecule has 0 fully saturated rings. The Kier molecular flexibility index (Phi) is 5.77. The fraction of sp³-hybridized carbons (Fsp3) is 0.222. The van der Waals surface area contributed by atoms with Crippen LogP contribution in [-0.2, 0) is 4.79 Å². The van der Waals surface area contributed by atoms with Crippen molar-refractivity contribution in [3.63, 3.8) is 0 Å². The average molecular weight is 331 g/mol. The van der Waals surface area contributed by atoms with Gasteiger partial charge in [-0.3, -0.25) is 9.59 Å². The molecule has 2 aromatic carbocycles. The molecule has 0 aliphatic heterocycles. The normalized spacial score (nSPS) is 11.6. The lowest BCUT2D eigenvalue weighted by Gasteiger charge is -2.15. The maximum absolute atomic E-state index is 12.0. The minimum atomic E-state index is -0.268. The van der Waals surface area contributed by atoms with Crippen molar-refractivity contribution in [2.75, 3.05) is 6.54 Å². The molecule has 0 heterocycles. The Morgan fingerprint density at radius 2 is 1.83 bits per heavy atom. The van der Waals surface area contributed by atoms with Gasteiger partial charge < -0.3 is 10.6 Å². The molecule has 23 heavy (non-hydrogen) atoms. The highest BCUT2D eigenvalue weighted by atomic mass is 35.5. The van der Waals surface area contributed by atoms with E-state index in [1.54, 1.807) is 24.3 Å². The fourth-order valence-corrected chi connectivity index (χ4v) is 2.32. The Morgan fingerprint density at radius 1 is 1.13 bits per heavy atom. The van der Waals surface area contributed by atoms with Gasteiger partial charge in [0.25, 0.3) is 5.91 Å². The first-order chi connectivity index (χ1) is 11.0. The van der Waals surface area contributed by atoms with Crippen molar-refractivity contribution in [2.45, 2.75) is 19.9 Å². The predicted molar refractivity (Wildman–Crippen MR) is 91.5 cm³/mol. The molecule has 0 spiro atoms. The molecule has 2 N–H and O–H groups in total. The van der Waals surface area contributed by atoms with Gasteiger partial charge in [-0.25, -0.2) is 0 Å². The molecule has 120 valence electrons. The van der Waals surface area contributed by atoms with Crippen LogP contribution in [0.5, 0.6) is 0 Å². The van der Waals surface area contributed by atoms with Crippen molar-refractivity contribution in [1.82, 2.24) is 10.6 Å². The summed E-state index contributed by atoms with van der Waals surface area (Å²) in [6.45, 7) is 3.75. The maximum Gasteiger partial charge on any atom is 0.251 e. The van der Waals surface area contributed by atoms with Crippen LogP contribution < -0.4 is 10.6 Å². The van der Waals surface area contributed by atoms with Gasteiger partial charge in [0.05, 0.1) is 12.6 Å². The van der Waals surface area contributed by atoms with Gasteiger partial charge in [0.15, 0.2) is 0 Å². The minimum Gasteiger partial charge on any atom is -0.348 e. The Morgan fingerprint density at radius 3 is 2.48 bits per heavy atom. The first-order valence-electron chi connectivity index (χ1n) is 7.35. The van der Waals surface area contributed by atoms with Crippen molar-refractivity contribution >= 4 is 23.4 Å². The second kappa shape index (κ2) is 7.79. The zero-order valence-corrected chi connectivity index (χ0v) is 13.9. The second-order valence-corrected chi connectivity index (χ2v) is 5.83. The molecular formula is C18H19ClN2O2. The molecule has 5 heteroatoms. The Bertz CT molecular complexity index is 698. The summed E-state index contributed by atoms with van der Waals surface area (Å²) in [5, 5.41) is 6.06. The molecular weight excluding hydrogens is 312 g/mol. The third-order valence-corrected chi connectivity index (χ3v) is 3.68. The summed E-state index contributed by atoms with van der Waals surface area (Å²) >= 11 is 5.94. The van der Waals surface area contributed by atoms with E-state index in [1.165, 1.54) is 0 Å². The van der Waals surface area contributed by atoms with Gasteiger partial charge in [-0.15, -0.1) is 0 Å². The molecule has 0 aromatic heterocycles. The number of rotatable bonds is 5. The van der Waals surface area contributed by atoms with Crippen LogP contribution in [0.2, 0.25) is 5.02 Å². The quantitative estimate of drug-likeness (QED) is 0.884. The van der Waals surface area contributed by atoms with E-state index in [1.807, 2.05) is 38.1 Å².